The van der Waals surface area contributed by atoms with Gasteiger partial charge in [0, 0.05) is 13.3 Å². The molecule has 12 nitrogen and oxygen atoms in total. The maximum absolute atomic E-state index is 13.0. The van der Waals surface area contributed by atoms with Crippen LogP contribution in [-0.2, 0) is 24.0 Å². The first kappa shape index (κ1) is 31.3. The van der Waals surface area contributed by atoms with Crippen molar-refractivity contribution in [2.45, 2.75) is 90.4 Å². The molecule has 0 radical (unpaired) electrons. The van der Waals surface area contributed by atoms with Crippen molar-refractivity contribution in [1.82, 2.24) is 21.3 Å². The molecule has 0 fully saturated rings. The van der Waals surface area contributed by atoms with E-state index < -0.39 is 53.8 Å². The third-order valence-electron chi connectivity index (χ3n) is 5.46. The molecular formula is C22H41N5O7. The minimum atomic E-state index is -1.22. The number of aliphatic hydroxyl groups is 1. The second-order valence-electron chi connectivity index (χ2n) is 8.46. The lowest BCUT2D eigenvalue weighted by Gasteiger charge is -2.28. The van der Waals surface area contributed by atoms with E-state index in [9.17, 15) is 29.1 Å². The number of carbonyl (C=O) groups excluding carboxylic acids is 4. The molecular weight excluding hydrogens is 446 g/mol. The average Bonchev–Trinajstić information content (AvgIpc) is 2.77. The standard InChI is InChI=1S/C22H41N5O7/c1-5-13(2)19(22(34)25-16(12-28)8-6-7-11-23)27-21(33)17(9-10-18(30)31)26-20(32)14(3)24-15(4)29/h13-14,16-17,19,28H,5-12,23H2,1-4H3,(H,24,29)(H,25,34)(H,26,32)(H,27,33)(H,30,31)/t13-,14-,16-,17-,19-/m0/s1. The van der Waals surface area contributed by atoms with Crippen molar-refractivity contribution in [3.63, 3.8) is 0 Å². The Hall–Kier alpha value is -2.73. The van der Waals surface area contributed by atoms with Gasteiger partial charge in [-0.15, -0.1) is 0 Å². The number of aliphatic hydroxyl groups excluding tert-OH is 1. The van der Waals surface area contributed by atoms with Gasteiger partial charge >= 0.3 is 5.97 Å². The molecule has 0 saturated carbocycles. The monoisotopic (exact) mass is 487 g/mol. The van der Waals surface area contributed by atoms with Crippen molar-refractivity contribution in [3.05, 3.63) is 0 Å². The summed E-state index contributed by atoms with van der Waals surface area (Å²) in [7, 11) is 0. The highest BCUT2D eigenvalue weighted by atomic mass is 16.4. The molecule has 0 aliphatic rings. The molecule has 5 atom stereocenters. The topological polar surface area (TPSA) is 200 Å². The molecule has 4 amide bonds. The summed E-state index contributed by atoms with van der Waals surface area (Å²) in [5, 5.41) is 28.8. The van der Waals surface area contributed by atoms with Crippen LogP contribution in [-0.4, -0.2) is 77.1 Å². The third-order valence-corrected chi connectivity index (χ3v) is 5.46. The summed E-state index contributed by atoms with van der Waals surface area (Å²) in [4.78, 5) is 60.5. The highest BCUT2D eigenvalue weighted by Crippen LogP contribution is 2.11. The largest absolute Gasteiger partial charge is 0.481 e. The van der Waals surface area contributed by atoms with Crippen LogP contribution in [0.2, 0.25) is 0 Å². The van der Waals surface area contributed by atoms with E-state index >= 15 is 0 Å². The van der Waals surface area contributed by atoms with Crippen molar-refractivity contribution in [1.29, 1.82) is 0 Å². The first-order valence-corrected chi connectivity index (χ1v) is 11.7. The first-order valence-electron chi connectivity index (χ1n) is 11.7. The number of hydrogen-bond acceptors (Lipinski definition) is 7. The van der Waals surface area contributed by atoms with E-state index in [0.29, 0.717) is 19.4 Å². The predicted molar refractivity (Wildman–Crippen MR) is 125 cm³/mol. The Labute approximate surface area is 200 Å². The quantitative estimate of drug-likeness (QED) is 0.127. The number of unbranched alkanes of at least 4 members (excludes halogenated alkanes) is 1. The molecule has 196 valence electrons. The fraction of sp³-hybridized carbons (Fsp3) is 0.773. The van der Waals surface area contributed by atoms with Crippen molar-refractivity contribution >= 4 is 29.6 Å². The van der Waals surface area contributed by atoms with Crippen LogP contribution in [0.1, 0.15) is 66.2 Å². The van der Waals surface area contributed by atoms with Gasteiger partial charge in [-0.3, -0.25) is 24.0 Å². The van der Waals surface area contributed by atoms with Gasteiger partial charge in [0.05, 0.1) is 12.6 Å². The van der Waals surface area contributed by atoms with Gasteiger partial charge < -0.3 is 37.2 Å². The Morgan fingerprint density at radius 2 is 1.53 bits per heavy atom. The third kappa shape index (κ3) is 12.5. The minimum absolute atomic E-state index is 0.201. The number of carbonyl (C=O) groups is 5. The van der Waals surface area contributed by atoms with Crippen molar-refractivity contribution in [2.75, 3.05) is 13.2 Å². The van der Waals surface area contributed by atoms with Crippen LogP contribution >= 0.6 is 0 Å². The summed E-state index contributed by atoms with van der Waals surface area (Å²) in [6.07, 6.45) is 1.96. The van der Waals surface area contributed by atoms with Gasteiger partial charge in [0.1, 0.15) is 18.1 Å². The van der Waals surface area contributed by atoms with Gasteiger partial charge in [-0.1, -0.05) is 26.7 Å². The van der Waals surface area contributed by atoms with Gasteiger partial charge in [-0.2, -0.15) is 0 Å². The molecule has 0 aliphatic carbocycles. The van der Waals surface area contributed by atoms with Crippen molar-refractivity contribution < 1.29 is 34.2 Å². The number of nitrogens with one attached hydrogen (secondary N) is 4. The molecule has 12 heteroatoms. The summed E-state index contributed by atoms with van der Waals surface area (Å²) < 4.78 is 0. The fourth-order valence-electron chi connectivity index (χ4n) is 3.19. The smallest absolute Gasteiger partial charge is 0.303 e. The van der Waals surface area contributed by atoms with E-state index in [2.05, 4.69) is 21.3 Å². The molecule has 0 aromatic carbocycles. The predicted octanol–water partition coefficient (Wildman–Crippen LogP) is -1.00. The number of aliphatic carboxylic acids is 1. The molecule has 0 unspecified atom stereocenters. The highest BCUT2D eigenvalue weighted by Gasteiger charge is 2.31. The molecule has 8 N–H and O–H groups in total. The summed E-state index contributed by atoms with van der Waals surface area (Å²) in [5.41, 5.74) is 5.48. The van der Waals surface area contributed by atoms with E-state index in [1.807, 2.05) is 6.92 Å². The highest BCUT2D eigenvalue weighted by molar-refractivity contribution is 5.94. The van der Waals surface area contributed by atoms with E-state index in [4.69, 9.17) is 10.8 Å². The first-order chi connectivity index (χ1) is 16.0. The maximum Gasteiger partial charge on any atom is 0.303 e. The Bertz CT molecular complexity index is 689. The summed E-state index contributed by atoms with van der Waals surface area (Å²) in [5.74, 6) is -3.72. The van der Waals surface area contributed by atoms with Crippen molar-refractivity contribution in [2.24, 2.45) is 11.7 Å². The summed E-state index contributed by atoms with van der Waals surface area (Å²) in [6, 6.07) is -3.62. The van der Waals surface area contributed by atoms with Crippen LogP contribution < -0.4 is 27.0 Å². The van der Waals surface area contributed by atoms with Crippen LogP contribution in [0.3, 0.4) is 0 Å². The molecule has 0 saturated heterocycles. The number of amides is 4. The Kier molecular flexibility index (Phi) is 15.5. The van der Waals surface area contributed by atoms with Gasteiger partial charge in [-0.05, 0) is 38.6 Å². The van der Waals surface area contributed by atoms with E-state index in [-0.39, 0.29) is 25.4 Å². The lowest BCUT2D eigenvalue weighted by atomic mass is 9.96. The number of nitrogens with two attached hydrogens (primary N) is 1. The molecule has 0 bridgehead atoms. The second kappa shape index (κ2) is 16.8. The van der Waals surface area contributed by atoms with Gasteiger partial charge in [-0.25, -0.2) is 0 Å². The maximum atomic E-state index is 13.0. The van der Waals surface area contributed by atoms with E-state index in [1.54, 1.807) is 6.92 Å². The van der Waals surface area contributed by atoms with Crippen LogP contribution in [0.4, 0.5) is 0 Å². The Morgan fingerprint density at radius 1 is 0.882 bits per heavy atom. The number of carboxylic acids is 1. The molecule has 0 aliphatic heterocycles. The average molecular weight is 488 g/mol. The Morgan fingerprint density at radius 3 is 2.03 bits per heavy atom. The Balaban J connectivity index is 5.45. The van der Waals surface area contributed by atoms with Gasteiger partial charge in [0.15, 0.2) is 0 Å². The normalized spacial score (nSPS) is 15.2. The molecule has 0 aromatic rings. The second-order valence-corrected chi connectivity index (χ2v) is 8.46. The summed E-state index contributed by atoms with van der Waals surface area (Å²) >= 11 is 0. The molecule has 0 aromatic heterocycles. The molecule has 34 heavy (non-hydrogen) atoms. The van der Waals surface area contributed by atoms with Crippen molar-refractivity contribution in [3.8, 4) is 0 Å². The van der Waals surface area contributed by atoms with Crippen LogP contribution in [0.25, 0.3) is 0 Å². The SMILES string of the molecule is CC[C@H](C)[C@H](NC(=O)[C@H](CCC(=O)O)NC(=O)[C@H](C)NC(C)=O)C(=O)N[C@H](CO)CCCCN. The van der Waals surface area contributed by atoms with Gasteiger partial charge in [0.25, 0.3) is 0 Å². The summed E-state index contributed by atoms with van der Waals surface area (Å²) in [6.45, 7) is 6.52. The van der Waals surface area contributed by atoms with Crippen LogP contribution in [0.15, 0.2) is 0 Å². The van der Waals surface area contributed by atoms with Crippen LogP contribution in [0.5, 0.6) is 0 Å². The van der Waals surface area contributed by atoms with E-state index in [1.165, 1.54) is 13.8 Å². The lowest BCUT2D eigenvalue weighted by Crippen LogP contribution is -2.58. The van der Waals surface area contributed by atoms with E-state index in [0.717, 1.165) is 12.8 Å². The number of hydrogen-bond donors (Lipinski definition) is 7. The van der Waals surface area contributed by atoms with Gasteiger partial charge in [0.2, 0.25) is 23.6 Å². The zero-order chi connectivity index (χ0) is 26.3. The molecule has 0 spiro atoms. The van der Waals surface area contributed by atoms with Crippen LogP contribution in [0, 0.1) is 5.92 Å². The molecule has 0 rings (SSSR count). The fourth-order valence-corrected chi connectivity index (χ4v) is 3.19. The minimum Gasteiger partial charge on any atom is -0.481 e. The number of carboxylic acid groups (broad SMARTS) is 1. The number of rotatable bonds is 17. The lowest BCUT2D eigenvalue weighted by molar-refractivity contribution is -0.138. The zero-order valence-electron chi connectivity index (χ0n) is 20.6. The molecule has 0 heterocycles. The zero-order valence-corrected chi connectivity index (χ0v) is 20.6.